The van der Waals surface area contributed by atoms with Crippen molar-refractivity contribution in [2.45, 2.75) is 32.2 Å². The monoisotopic (exact) mass is 192 g/mol. The summed E-state index contributed by atoms with van der Waals surface area (Å²) in [7, 11) is 0. The van der Waals surface area contributed by atoms with Gasteiger partial charge in [-0.25, -0.2) is 9.59 Å². The van der Waals surface area contributed by atoms with Gasteiger partial charge < -0.3 is 20.1 Å². The number of carbonyl (C=O) groups excluding carboxylic acids is 1. The Morgan fingerprint density at radius 3 is 1.92 bits per heavy atom. The Labute approximate surface area is 74.7 Å². The van der Waals surface area contributed by atoms with E-state index >= 15 is 0 Å². The quantitative estimate of drug-likeness (QED) is 0.480. The molecule has 3 N–H and O–H groups in total. The molecule has 2 atom stereocenters. The highest BCUT2D eigenvalue weighted by atomic mass is 16.6. The number of carbonyl (C=O) groups is 2. The van der Waals surface area contributed by atoms with E-state index in [0.29, 0.717) is 0 Å². The smallest absolute Gasteiger partial charge is 0.338 e. The van der Waals surface area contributed by atoms with Gasteiger partial charge in [-0.3, -0.25) is 0 Å². The van der Waals surface area contributed by atoms with Crippen LogP contribution in [0.1, 0.15) is 13.8 Å². The lowest BCUT2D eigenvalue weighted by Crippen LogP contribution is -2.41. The fraction of sp³-hybridized carbons (Fsp3) is 0.714. The molecule has 0 aromatic rings. The Morgan fingerprint density at radius 1 is 1.15 bits per heavy atom. The van der Waals surface area contributed by atoms with Crippen LogP contribution in [0.4, 0.5) is 0 Å². The van der Waals surface area contributed by atoms with Crippen LogP contribution in [0.3, 0.4) is 0 Å². The molecule has 0 spiro atoms. The van der Waals surface area contributed by atoms with Crippen molar-refractivity contribution in [3.8, 4) is 0 Å². The van der Waals surface area contributed by atoms with Gasteiger partial charge in [0.2, 0.25) is 0 Å². The van der Waals surface area contributed by atoms with Gasteiger partial charge in [0.1, 0.15) is 0 Å². The Balaban J connectivity index is 4.17. The standard InChI is InChI=1S/C7H12O6/c1-3(2)13-7(12)5(9)4(8)6(10)11/h3-5,8-9H,1-2H3,(H,10,11)/t4-,5+/m0/s1. The molecular weight excluding hydrogens is 180 g/mol. The van der Waals surface area contributed by atoms with Crippen LogP contribution in [0.5, 0.6) is 0 Å². The van der Waals surface area contributed by atoms with Crippen LogP contribution in [-0.4, -0.2) is 45.6 Å². The summed E-state index contributed by atoms with van der Waals surface area (Å²) in [6.07, 6.45) is -4.66. The lowest BCUT2D eigenvalue weighted by molar-refractivity contribution is -0.172. The zero-order valence-corrected chi connectivity index (χ0v) is 7.30. The topological polar surface area (TPSA) is 104 Å². The number of esters is 1. The molecule has 0 radical (unpaired) electrons. The van der Waals surface area contributed by atoms with Gasteiger partial charge in [-0.1, -0.05) is 0 Å². The van der Waals surface area contributed by atoms with Crippen LogP contribution >= 0.6 is 0 Å². The van der Waals surface area contributed by atoms with Gasteiger partial charge in [-0.05, 0) is 13.8 Å². The molecule has 0 aromatic heterocycles. The number of ether oxygens (including phenoxy) is 1. The lowest BCUT2D eigenvalue weighted by Gasteiger charge is -2.14. The summed E-state index contributed by atoms with van der Waals surface area (Å²) >= 11 is 0. The van der Waals surface area contributed by atoms with Crippen molar-refractivity contribution in [2.75, 3.05) is 0 Å². The summed E-state index contributed by atoms with van der Waals surface area (Å²) in [6, 6.07) is 0. The third kappa shape index (κ3) is 3.86. The summed E-state index contributed by atoms with van der Waals surface area (Å²) in [4.78, 5) is 20.9. The van der Waals surface area contributed by atoms with E-state index in [1.54, 1.807) is 0 Å². The number of aliphatic hydroxyl groups excluding tert-OH is 2. The largest absolute Gasteiger partial charge is 0.479 e. The summed E-state index contributed by atoms with van der Waals surface area (Å²) in [5, 5.41) is 25.8. The van der Waals surface area contributed by atoms with Crippen molar-refractivity contribution < 1.29 is 29.6 Å². The molecule has 0 aromatic carbocycles. The highest BCUT2D eigenvalue weighted by Gasteiger charge is 2.31. The third-order valence-electron chi connectivity index (χ3n) is 1.15. The lowest BCUT2D eigenvalue weighted by atomic mass is 10.2. The zero-order valence-electron chi connectivity index (χ0n) is 7.30. The van der Waals surface area contributed by atoms with Crippen LogP contribution in [0.15, 0.2) is 0 Å². The van der Waals surface area contributed by atoms with Crippen LogP contribution < -0.4 is 0 Å². The number of aliphatic carboxylic acids is 1. The second kappa shape index (κ2) is 4.78. The molecule has 0 bridgehead atoms. The summed E-state index contributed by atoms with van der Waals surface area (Å²) < 4.78 is 4.47. The first-order valence-corrected chi connectivity index (χ1v) is 3.65. The summed E-state index contributed by atoms with van der Waals surface area (Å²) in [5.41, 5.74) is 0. The maximum atomic E-state index is 10.8. The van der Waals surface area contributed by atoms with Crippen molar-refractivity contribution in [3.05, 3.63) is 0 Å². The van der Waals surface area contributed by atoms with Gasteiger partial charge in [0, 0.05) is 0 Å². The average molecular weight is 192 g/mol. The van der Waals surface area contributed by atoms with Crippen molar-refractivity contribution in [1.82, 2.24) is 0 Å². The second-order valence-electron chi connectivity index (χ2n) is 2.71. The van der Waals surface area contributed by atoms with E-state index in [9.17, 15) is 9.59 Å². The summed E-state index contributed by atoms with van der Waals surface area (Å²) in [5.74, 6) is -2.82. The van der Waals surface area contributed by atoms with Crippen LogP contribution in [0.2, 0.25) is 0 Å². The van der Waals surface area contributed by atoms with E-state index in [1.807, 2.05) is 0 Å². The molecule has 6 nitrogen and oxygen atoms in total. The van der Waals surface area contributed by atoms with Gasteiger partial charge in [0.05, 0.1) is 6.10 Å². The minimum Gasteiger partial charge on any atom is -0.479 e. The minimum absolute atomic E-state index is 0.469. The Kier molecular flexibility index (Phi) is 4.36. The minimum atomic E-state index is -2.15. The molecule has 0 amide bonds. The van der Waals surface area contributed by atoms with Crippen molar-refractivity contribution in [3.63, 3.8) is 0 Å². The van der Waals surface area contributed by atoms with Crippen molar-refractivity contribution >= 4 is 11.9 Å². The van der Waals surface area contributed by atoms with Gasteiger partial charge in [0.25, 0.3) is 0 Å². The fourth-order valence-electron chi connectivity index (χ4n) is 0.566. The molecule has 0 aliphatic heterocycles. The number of aliphatic hydroxyl groups is 2. The average Bonchev–Trinajstić information content (AvgIpc) is 2.00. The first-order valence-electron chi connectivity index (χ1n) is 3.65. The van der Waals surface area contributed by atoms with E-state index in [2.05, 4.69) is 4.74 Å². The maximum Gasteiger partial charge on any atom is 0.338 e. The van der Waals surface area contributed by atoms with Crippen LogP contribution in [0.25, 0.3) is 0 Å². The molecule has 0 aliphatic rings. The number of carboxylic acids is 1. The predicted octanol–water partition coefficient (Wildman–Crippen LogP) is -1.26. The number of hydrogen-bond donors (Lipinski definition) is 3. The van der Waals surface area contributed by atoms with Gasteiger partial charge in [-0.15, -0.1) is 0 Å². The molecule has 13 heavy (non-hydrogen) atoms. The molecule has 76 valence electrons. The molecule has 0 heterocycles. The number of rotatable bonds is 4. The van der Waals surface area contributed by atoms with Crippen LogP contribution in [-0.2, 0) is 14.3 Å². The molecule has 0 saturated carbocycles. The SMILES string of the molecule is CC(C)OC(=O)[C@H](O)[C@H](O)C(=O)O. The van der Waals surface area contributed by atoms with Crippen molar-refractivity contribution in [1.29, 1.82) is 0 Å². The molecule has 6 heteroatoms. The highest BCUT2D eigenvalue weighted by molar-refractivity contribution is 5.84. The van der Waals surface area contributed by atoms with Crippen molar-refractivity contribution in [2.24, 2.45) is 0 Å². The summed E-state index contributed by atoms with van der Waals surface area (Å²) in [6.45, 7) is 3.08. The highest BCUT2D eigenvalue weighted by Crippen LogP contribution is 1.99. The Hall–Kier alpha value is -1.14. The van der Waals surface area contributed by atoms with E-state index in [0.717, 1.165) is 0 Å². The van der Waals surface area contributed by atoms with E-state index in [4.69, 9.17) is 15.3 Å². The molecular formula is C7H12O6. The molecule has 0 unspecified atom stereocenters. The zero-order chi connectivity index (χ0) is 10.6. The number of hydrogen-bond acceptors (Lipinski definition) is 5. The normalized spacial score (nSPS) is 15.2. The first kappa shape index (κ1) is 11.9. The number of carboxylic acid groups (broad SMARTS) is 1. The first-order chi connectivity index (χ1) is 5.86. The van der Waals surface area contributed by atoms with E-state index in [-0.39, 0.29) is 0 Å². The Morgan fingerprint density at radius 2 is 1.62 bits per heavy atom. The predicted molar refractivity (Wildman–Crippen MR) is 40.9 cm³/mol. The second-order valence-corrected chi connectivity index (χ2v) is 2.71. The van der Waals surface area contributed by atoms with Gasteiger partial charge >= 0.3 is 11.9 Å². The van der Waals surface area contributed by atoms with Crippen LogP contribution in [0, 0.1) is 0 Å². The fourth-order valence-corrected chi connectivity index (χ4v) is 0.566. The molecule has 0 rings (SSSR count). The van der Waals surface area contributed by atoms with Gasteiger partial charge in [-0.2, -0.15) is 0 Å². The Bertz CT molecular complexity index is 199. The third-order valence-corrected chi connectivity index (χ3v) is 1.15. The molecule has 0 aliphatic carbocycles. The van der Waals surface area contributed by atoms with E-state index < -0.39 is 30.3 Å². The maximum absolute atomic E-state index is 10.8. The van der Waals surface area contributed by atoms with Gasteiger partial charge in [0.15, 0.2) is 12.2 Å². The molecule has 0 saturated heterocycles. The molecule has 0 fully saturated rings. The van der Waals surface area contributed by atoms with E-state index in [1.165, 1.54) is 13.8 Å².